The van der Waals surface area contributed by atoms with Gasteiger partial charge in [0.2, 0.25) is 11.8 Å². The number of anilines is 1. The number of hydrogen-bond acceptors (Lipinski definition) is 4. The summed E-state index contributed by atoms with van der Waals surface area (Å²) in [6.07, 6.45) is -4.74. The molecule has 4 aromatic rings. The molecule has 7 nitrogen and oxygen atoms in total. The SMILES string of the molecule is CCNC(=O)C(Cc1ccccc1)N(Cc1ccc(F)cc1)C(=O)CN(c1cccc(C(F)(F)F)c1)S(=O)(=O)c1ccc(C)cc1. The van der Waals surface area contributed by atoms with Crippen LogP contribution in [0.5, 0.6) is 0 Å². The second-order valence-corrected chi connectivity index (χ2v) is 12.5. The van der Waals surface area contributed by atoms with Gasteiger partial charge in [0.05, 0.1) is 16.1 Å². The number of nitrogens with one attached hydrogen (secondary N) is 1. The molecular formula is C34H33F4N3O4S. The Morgan fingerprint density at radius 2 is 1.50 bits per heavy atom. The molecule has 0 aliphatic heterocycles. The lowest BCUT2D eigenvalue weighted by Crippen LogP contribution is -2.53. The topological polar surface area (TPSA) is 86.8 Å². The number of halogens is 4. The second-order valence-electron chi connectivity index (χ2n) is 10.6. The molecule has 0 aliphatic rings. The van der Waals surface area contributed by atoms with E-state index in [-0.39, 0.29) is 30.1 Å². The zero-order valence-electron chi connectivity index (χ0n) is 25.2. The summed E-state index contributed by atoms with van der Waals surface area (Å²) in [6.45, 7) is 2.54. The number of carbonyl (C=O) groups is 2. The number of likely N-dealkylation sites (N-methyl/N-ethyl adjacent to an activating group) is 1. The predicted molar refractivity (Wildman–Crippen MR) is 167 cm³/mol. The molecule has 0 bridgehead atoms. The Morgan fingerprint density at radius 1 is 0.848 bits per heavy atom. The van der Waals surface area contributed by atoms with Crippen LogP contribution < -0.4 is 9.62 Å². The molecule has 4 aromatic carbocycles. The van der Waals surface area contributed by atoms with Gasteiger partial charge in [-0.25, -0.2) is 12.8 Å². The van der Waals surface area contributed by atoms with E-state index < -0.39 is 52.0 Å². The minimum absolute atomic E-state index is 0.0495. The van der Waals surface area contributed by atoms with Gasteiger partial charge in [-0.2, -0.15) is 13.2 Å². The van der Waals surface area contributed by atoms with Crippen LogP contribution in [0, 0.1) is 12.7 Å². The maximum Gasteiger partial charge on any atom is 0.416 e. The summed E-state index contributed by atoms with van der Waals surface area (Å²) in [5, 5.41) is 2.72. The number of carbonyl (C=O) groups excluding carboxylic acids is 2. The van der Waals surface area contributed by atoms with E-state index in [0.717, 1.165) is 17.7 Å². The van der Waals surface area contributed by atoms with E-state index in [1.165, 1.54) is 59.5 Å². The van der Waals surface area contributed by atoms with Gasteiger partial charge in [0, 0.05) is 19.5 Å². The van der Waals surface area contributed by atoms with Crippen molar-refractivity contribution in [1.82, 2.24) is 10.2 Å². The average Bonchev–Trinajstić information content (AvgIpc) is 3.02. The smallest absolute Gasteiger partial charge is 0.355 e. The minimum Gasteiger partial charge on any atom is -0.355 e. The van der Waals surface area contributed by atoms with Crippen LogP contribution in [0.4, 0.5) is 23.2 Å². The highest BCUT2D eigenvalue weighted by Gasteiger charge is 2.36. The van der Waals surface area contributed by atoms with Gasteiger partial charge in [0.25, 0.3) is 10.0 Å². The highest BCUT2D eigenvalue weighted by atomic mass is 32.2. The monoisotopic (exact) mass is 655 g/mol. The van der Waals surface area contributed by atoms with E-state index in [1.807, 2.05) is 0 Å². The average molecular weight is 656 g/mol. The zero-order valence-corrected chi connectivity index (χ0v) is 26.0. The van der Waals surface area contributed by atoms with Crippen LogP contribution in [0.2, 0.25) is 0 Å². The second kappa shape index (κ2) is 14.6. The van der Waals surface area contributed by atoms with Crippen LogP contribution in [0.25, 0.3) is 0 Å². The van der Waals surface area contributed by atoms with E-state index in [2.05, 4.69) is 5.32 Å². The van der Waals surface area contributed by atoms with Gasteiger partial charge in [0.1, 0.15) is 18.4 Å². The standard InChI is InChI=1S/C34H33F4N3O4S/c1-3-39-33(43)31(20-25-8-5-4-6-9-25)40(22-26-14-16-28(35)17-15-26)32(42)23-41(29-11-7-10-27(21-29)34(36,37)38)46(44,45)30-18-12-24(2)13-19-30/h4-19,21,31H,3,20,22-23H2,1-2H3,(H,39,43). The van der Waals surface area contributed by atoms with E-state index >= 15 is 0 Å². The number of nitrogens with zero attached hydrogens (tertiary/aromatic N) is 2. The van der Waals surface area contributed by atoms with Crippen LogP contribution in [-0.2, 0) is 38.8 Å². The summed E-state index contributed by atoms with van der Waals surface area (Å²) in [5.41, 5.74) is 0.413. The van der Waals surface area contributed by atoms with Gasteiger partial charge in [-0.15, -0.1) is 0 Å². The fraction of sp³-hybridized carbons (Fsp3) is 0.235. The van der Waals surface area contributed by atoms with Gasteiger partial charge >= 0.3 is 6.18 Å². The van der Waals surface area contributed by atoms with Crippen molar-refractivity contribution in [3.8, 4) is 0 Å². The van der Waals surface area contributed by atoms with Gasteiger partial charge in [-0.1, -0.05) is 66.2 Å². The van der Waals surface area contributed by atoms with E-state index in [1.54, 1.807) is 44.2 Å². The Morgan fingerprint density at radius 3 is 2.11 bits per heavy atom. The molecule has 46 heavy (non-hydrogen) atoms. The molecule has 242 valence electrons. The molecule has 12 heteroatoms. The molecule has 0 fully saturated rings. The van der Waals surface area contributed by atoms with Crippen LogP contribution in [0.3, 0.4) is 0 Å². The normalized spacial score (nSPS) is 12.3. The lowest BCUT2D eigenvalue weighted by atomic mass is 10.0. The molecule has 0 radical (unpaired) electrons. The Bertz CT molecular complexity index is 1750. The van der Waals surface area contributed by atoms with Gasteiger partial charge in [-0.3, -0.25) is 13.9 Å². The lowest BCUT2D eigenvalue weighted by molar-refractivity contribution is -0.140. The van der Waals surface area contributed by atoms with Crippen molar-refractivity contribution in [2.24, 2.45) is 0 Å². The fourth-order valence-electron chi connectivity index (χ4n) is 4.84. The largest absolute Gasteiger partial charge is 0.416 e. The van der Waals surface area contributed by atoms with Crippen molar-refractivity contribution in [2.45, 2.75) is 43.9 Å². The molecule has 0 aliphatic carbocycles. The highest BCUT2D eigenvalue weighted by molar-refractivity contribution is 7.92. The number of sulfonamides is 1. The molecule has 0 spiro atoms. The van der Waals surface area contributed by atoms with E-state index in [0.29, 0.717) is 21.5 Å². The molecule has 0 heterocycles. The summed E-state index contributed by atoms with van der Waals surface area (Å²) >= 11 is 0. The quantitative estimate of drug-likeness (QED) is 0.186. The molecule has 4 rings (SSSR count). The van der Waals surface area contributed by atoms with Crippen LogP contribution in [0.15, 0.2) is 108 Å². The van der Waals surface area contributed by atoms with Crippen molar-refractivity contribution >= 4 is 27.5 Å². The van der Waals surface area contributed by atoms with E-state index in [4.69, 9.17) is 0 Å². The third kappa shape index (κ3) is 8.51. The van der Waals surface area contributed by atoms with Crippen molar-refractivity contribution in [3.05, 3.63) is 131 Å². The summed E-state index contributed by atoms with van der Waals surface area (Å²) < 4.78 is 83.5. The number of alkyl halides is 3. The van der Waals surface area contributed by atoms with Crippen molar-refractivity contribution < 1.29 is 35.6 Å². The third-order valence-corrected chi connectivity index (χ3v) is 9.03. The number of amides is 2. The Hall–Kier alpha value is -4.71. The molecule has 0 saturated carbocycles. The van der Waals surface area contributed by atoms with Gasteiger partial charge < -0.3 is 10.2 Å². The maximum atomic E-state index is 14.3. The number of aryl methyl sites for hydroxylation is 1. The summed E-state index contributed by atoms with van der Waals surface area (Å²) in [4.78, 5) is 28.7. The third-order valence-electron chi connectivity index (χ3n) is 7.24. The van der Waals surface area contributed by atoms with E-state index in [9.17, 15) is 35.6 Å². The summed E-state index contributed by atoms with van der Waals surface area (Å²) in [7, 11) is -4.59. The van der Waals surface area contributed by atoms with Crippen LogP contribution in [-0.4, -0.2) is 44.3 Å². The van der Waals surface area contributed by atoms with Crippen molar-refractivity contribution in [3.63, 3.8) is 0 Å². The number of rotatable bonds is 12. The number of hydrogen-bond donors (Lipinski definition) is 1. The molecular weight excluding hydrogens is 622 g/mol. The summed E-state index contributed by atoms with van der Waals surface area (Å²) in [5.74, 6) is -1.90. The van der Waals surface area contributed by atoms with Gasteiger partial charge in [0.15, 0.2) is 0 Å². The van der Waals surface area contributed by atoms with Gasteiger partial charge in [-0.05, 0) is 67.4 Å². The molecule has 2 amide bonds. The highest BCUT2D eigenvalue weighted by Crippen LogP contribution is 2.33. The number of benzene rings is 4. The Kier molecular flexibility index (Phi) is 10.8. The maximum absolute atomic E-state index is 14.3. The van der Waals surface area contributed by atoms with Crippen LogP contribution >= 0.6 is 0 Å². The lowest BCUT2D eigenvalue weighted by Gasteiger charge is -2.34. The molecule has 0 aromatic heterocycles. The summed E-state index contributed by atoms with van der Waals surface area (Å²) in [6, 6.07) is 22.3. The predicted octanol–water partition coefficient (Wildman–Crippen LogP) is 6.12. The molecule has 0 saturated heterocycles. The first-order valence-corrected chi connectivity index (χ1v) is 15.9. The molecule has 1 unspecified atom stereocenters. The Labute approximate surface area is 265 Å². The van der Waals surface area contributed by atoms with Crippen molar-refractivity contribution in [1.29, 1.82) is 0 Å². The first kappa shape index (κ1) is 34.2. The van der Waals surface area contributed by atoms with Crippen LogP contribution in [0.1, 0.15) is 29.2 Å². The zero-order chi connectivity index (χ0) is 33.5. The first-order valence-electron chi connectivity index (χ1n) is 14.4. The Balaban J connectivity index is 1.83. The first-order chi connectivity index (χ1) is 21.8. The van der Waals surface area contributed by atoms with Crippen molar-refractivity contribution in [2.75, 3.05) is 17.4 Å². The molecule has 1 N–H and O–H groups in total. The molecule has 1 atom stereocenters. The fourth-order valence-corrected chi connectivity index (χ4v) is 6.24. The minimum atomic E-state index is -4.78.